The zero-order chi connectivity index (χ0) is 49.4. The van der Waals surface area contributed by atoms with Gasteiger partial charge in [-0.1, -0.05) is 261 Å². The average Bonchev–Trinajstić information content (AvgIpc) is 3.86. The van der Waals surface area contributed by atoms with Crippen LogP contribution in [0.1, 0.15) is 0 Å². The Hall–Kier alpha value is -9.89. The Morgan fingerprint density at radius 2 is 0.520 bits per heavy atom. The van der Waals surface area contributed by atoms with Crippen LogP contribution < -0.4 is 0 Å². The van der Waals surface area contributed by atoms with Gasteiger partial charge in [0.15, 0.2) is 0 Å². The number of rotatable bonds is 7. The first-order chi connectivity index (χ1) is 37.2. The SMILES string of the molecule is c1ccc(-c2c3ccccc3c(-c3ccc(-c4ccc5c(c4)c(-c4ccc(-c6c7ccccc7c(-c7ccccc7)c7ccccc67)cc4)c4c6ccccc6nc(-c6ccccc6)n54)cc3)c3ccccc23)cc1. The van der Waals surface area contributed by atoms with Crippen LogP contribution in [-0.4, -0.2) is 9.38 Å². The molecule has 0 aliphatic carbocycles. The van der Waals surface area contributed by atoms with Crippen molar-refractivity contribution >= 4 is 70.4 Å². The fourth-order valence-corrected chi connectivity index (χ4v) is 12.3. The minimum Gasteiger partial charge on any atom is -0.293 e. The van der Waals surface area contributed by atoms with Crippen LogP contribution in [0.3, 0.4) is 0 Å². The van der Waals surface area contributed by atoms with E-state index in [4.69, 9.17) is 4.98 Å². The largest absolute Gasteiger partial charge is 0.293 e. The Kier molecular flexibility index (Phi) is 9.93. The summed E-state index contributed by atoms with van der Waals surface area (Å²) in [6.45, 7) is 0. The molecule has 2 nitrogen and oxygen atoms in total. The van der Waals surface area contributed by atoms with Gasteiger partial charge in [-0.05, 0) is 122 Å². The van der Waals surface area contributed by atoms with E-state index in [9.17, 15) is 0 Å². The molecular formula is C73H46N2. The van der Waals surface area contributed by atoms with E-state index in [1.807, 2.05) is 0 Å². The summed E-state index contributed by atoms with van der Waals surface area (Å²) >= 11 is 0. The number of para-hydroxylation sites is 1. The maximum Gasteiger partial charge on any atom is 0.145 e. The van der Waals surface area contributed by atoms with Crippen molar-refractivity contribution in [3.63, 3.8) is 0 Å². The molecule has 0 N–H and O–H groups in total. The normalized spacial score (nSPS) is 11.7. The molecule has 13 aromatic carbocycles. The Morgan fingerprint density at radius 3 is 0.933 bits per heavy atom. The Bertz CT molecular complexity index is 4590. The summed E-state index contributed by atoms with van der Waals surface area (Å²) in [5, 5.41) is 12.3. The number of nitrogens with zero attached hydrogens (tertiary/aromatic N) is 2. The van der Waals surface area contributed by atoms with Gasteiger partial charge in [0.25, 0.3) is 0 Å². The van der Waals surface area contributed by atoms with Crippen LogP contribution in [0.25, 0.3) is 149 Å². The quantitative estimate of drug-likeness (QED) is 0.146. The lowest BCUT2D eigenvalue weighted by Gasteiger charge is -2.18. The molecule has 0 spiro atoms. The highest BCUT2D eigenvalue weighted by molar-refractivity contribution is 6.23. The Balaban J connectivity index is 0.927. The van der Waals surface area contributed by atoms with Crippen molar-refractivity contribution in [3.05, 3.63) is 279 Å². The number of benzene rings is 13. The first kappa shape index (κ1) is 42.8. The van der Waals surface area contributed by atoms with Crippen LogP contribution in [-0.2, 0) is 0 Å². The van der Waals surface area contributed by atoms with Gasteiger partial charge >= 0.3 is 0 Å². The van der Waals surface area contributed by atoms with Gasteiger partial charge < -0.3 is 0 Å². The molecule has 0 aliphatic rings. The number of hydrogen-bond acceptors (Lipinski definition) is 1. The lowest BCUT2D eigenvalue weighted by atomic mass is 9.85. The number of fused-ring (bicyclic) bond motifs is 9. The zero-order valence-corrected chi connectivity index (χ0v) is 41.0. The minimum absolute atomic E-state index is 0.920. The van der Waals surface area contributed by atoms with Gasteiger partial charge in [0.05, 0.1) is 16.6 Å². The Labute approximate surface area is 434 Å². The predicted octanol–water partition coefficient (Wildman–Crippen LogP) is 19.9. The van der Waals surface area contributed by atoms with Crippen molar-refractivity contribution in [1.29, 1.82) is 0 Å². The lowest BCUT2D eigenvalue weighted by molar-refractivity contribution is 1.17. The van der Waals surface area contributed by atoms with E-state index in [1.165, 1.54) is 98.5 Å². The summed E-state index contributed by atoms with van der Waals surface area (Å²) in [5.74, 6) is 0.920. The predicted molar refractivity (Wildman–Crippen MR) is 318 cm³/mol. The number of hydrogen-bond donors (Lipinski definition) is 0. The van der Waals surface area contributed by atoms with Gasteiger partial charge in [-0.15, -0.1) is 0 Å². The molecule has 15 rings (SSSR count). The van der Waals surface area contributed by atoms with E-state index in [1.54, 1.807) is 0 Å². The minimum atomic E-state index is 0.920. The zero-order valence-electron chi connectivity index (χ0n) is 41.0. The first-order valence-corrected chi connectivity index (χ1v) is 25.9. The van der Waals surface area contributed by atoms with Crippen LogP contribution in [0.4, 0.5) is 0 Å². The van der Waals surface area contributed by atoms with Crippen molar-refractivity contribution < 1.29 is 0 Å². The molecule has 0 atom stereocenters. The summed E-state index contributed by atoms with van der Waals surface area (Å²) in [6.07, 6.45) is 0. The smallest absolute Gasteiger partial charge is 0.145 e. The summed E-state index contributed by atoms with van der Waals surface area (Å²) in [5.41, 5.74) is 18.9. The van der Waals surface area contributed by atoms with E-state index in [2.05, 4.69) is 283 Å². The van der Waals surface area contributed by atoms with Gasteiger partial charge in [-0.3, -0.25) is 4.40 Å². The molecule has 0 aliphatic heterocycles. The van der Waals surface area contributed by atoms with E-state index < -0.39 is 0 Å². The molecule has 2 aromatic heterocycles. The number of aromatic nitrogens is 2. The molecule has 2 heterocycles. The molecular weight excluding hydrogens is 905 g/mol. The van der Waals surface area contributed by atoms with Gasteiger partial charge in [0.2, 0.25) is 0 Å². The van der Waals surface area contributed by atoms with Crippen LogP contribution in [0, 0.1) is 0 Å². The van der Waals surface area contributed by atoms with Gasteiger partial charge in [0, 0.05) is 21.9 Å². The highest BCUT2D eigenvalue weighted by atomic mass is 15.0. The van der Waals surface area contributed by atoms with E-state index in [0.717, 1.165) is 50.0 Å². The average molecular weight is 951 g/mol. The molecule has 0 bridgehead atoms. The van der Waals surface area contributed by atoms with Crippen molar-refractivity contribution in [1.82, 2.24) is 9.38 Å². The topological polar surface area (TPSA) is 17.3 Å². The fourth-order valence-electron chi connectivity index (χ4n) is 12.3. The van der Waals surface area contributed by atoms with Crippen molar-refractivity contribution in [3.8, 4) is 78.1 Å². The molecule has 0 saturated heterocycles. The van der Waals surface area contributed by atoms with Crippen LogP contribution in [0.15, 0.2) is 279 Å². The van der Waals surface area contributed by atoms with Crippen LogP contribution in [0.2, 0.25) is 0 Å². The summed E-state index contributed by atoms with van der Waals surface area (Å²) in [6, 6.07) is 102. The van der Waals surface area contributed by atoms with Gasteiger partial charge in [0.1, 0.15) is 5.82 Å². The van der Waals surface area contributed by atoms with Crippen molar-refractivity contribution in [2.75, 3.05) is 0 Å². The molecule has 15 aromatic rings. The third-order valence-corrected chi connectivity index (χ3v) is 15.6. The van der Waals surface area contributed by atoms with Crippen LogP contribution >= 0.6 is 0 Å². The molecule has 2 heteroatoms. The van der Waals surface area contributed by atoms with Crippen LogP contribution in [0.5, 0.6) is 0 Å². The monoisotopic (exact) mass is 950 g/mol. The second-order valence-electron chi connectivity index (χ2n) is 19.7. The highest BCUT2D eigenvalue weighted by Gasteiger charge is 2.23. The third kappa shape index (κ3) is 6.84. The molecule has 0 radical (unpaired) electrons. The second-order valence-corrected chi connectivity index (χ2v) is 19.7. The standard InChI is InChI=1S/C73H46N2/c1-4-20-48(21-5-1)67-55-26-10-14-30-59(55)69(60-31-15-11-27-56(60)67)50-38-36-47(37-39-50)54-44-45-66-64(46-54)71(72-63-34-18-19-35-65(63)74-73(75(66)72)53-24-8-3-9-25-53)52-42-40-51(41-43-52)70-61-32-16-12-28-57(61)68(49-22-6-2-7-23-49)58-29-13-17-33-62(58)70/h1-46H. The second kappa shape index (κ2) is 17.4. The van der Waals surface area contributed by atoms with Gasteiger partial charge in [-0.2, -0.15) is 0 Å². The van der Waals surface area contributed by atoms with E-state index in [-0.39, 0.29) is 0 Å². The lowest BCUT2D eigenvalue weighted by Crippen LogP contribution is -1.97. The third-order valence-electron chi connectivity index (χ3n) is 15.6. The van der Waals surface area contributed by atoms with E-state index in [0.29, 0.717) is 0 Å². The molecule has 0 saturated carbocycles. The summed E-state index contributed by atoms with van der Waals surface area (Å²) < 4.78 is 2.40. The first-order valence-electron chi connectivity index (χ1n) is 25.9. The van der Waals surface area contributed by atoms with Crippen molar-refractivity contribution in [2.24, 2.45) is 0 Å². The highest BCUT2D eigenvalue weighted by Crippen LogP contribution is 2.48. The van der Waals surface area contributed by atoms with E-state index >= 15 is 0 Å². The molecule has 0 fully saturated rings. The van der Waals surface area contributed by atoms with Crippen molar-refractivity contribution in [2.45, 2.75) is 0 Å². The fraction of sp³-hybridized carbons (Fsp3) is 0. The molecule has 0 amide bonds. The maximum absolute atomic E-state index is 5.42. The molecule has 348 valence electrons. The Morgan fingerprint density at radius 1 is 0.213 bits per heavy atom. The molecule has 75 heavy (non-hydrogen) atoms. The maximum atomic E-state index is 5.42. The van der Waals surface area contributed by atoms with Gasteiger partial charge in [-0.25, -0.2) is 4.98 Å². The summed E-state index contributed by atoms with van der Waals surface area (Å²) in [7, 11) is 0. The molecule has 0 unspecified atom stereocenters. The summed E-state index contributed by atoms with van der Waals surface area (Å²) in [4.78, 5) is 5.42.